The van der Waals surface area contributed by atoms with Gasteiger partial charge in [0.25, 0.3) is 0 Å². The SMILES string of the molecule is CN=C(NCC(C)C(=O)OC)N1CCC(C)(C)C1.I. The molecule has 0 aromatic rings. The molecule has 1 rings (SSSR count). The third kappa shape index (κ3) is 5.54. The highest BCUT2D eigenvalue weighted by Gasteiger charge is 2.31. The van der Waals surface area contributed by atoms with Crippen molar-refractivity contribution in [1.82, 2.24) is 10.2 Å². The van der Waals surface area contributed by atoms with Gasteiger partial charge in [0.15, 0.2) is 5.96 Å². The molecule has 0 amide bonds. The van der Waals surface area contributed by atoms with Crippen LogP contribution in [-0.2, 0) is 9.53 Å². The number of hydrogen-bond donors (Lipinski definition) is 1. The molecule has 5 nitrogen and oxygen atoms in total. The van der Waals surface area contributed by atoms with Crippen molar-refractivity contribution in [3.8, 4) is 0 Å². The molecule has 0 aromatic heterocycles. The molecule has 19 heavy (non-hydrogen) atoms. The zero-order valence-electron chi connectivity index (χ0n) is 12.5. The van der Waals surface area contributed by atoms with E-state index in [0.717, 1.165) is 19.0 Å². The van der Waals surface area contributed by atoms with Crippen molar-refractivity contribution in [3.63, 3.8) is 0 Å². The van der Waals surface area contributed by atoms with Crippen molar-refractivity contribution >= 4 is 35.9 Å². The lowest BCUT2D eigenvalue weighted by Crippen LogP contribution is -2.43. The number of aliphatic imine (C=N–C) groups is 1. The standard InChI is InChI=1S/C13H25N3O2.HI/c1-10(11(17)18-5)8-15-12(14-4)16-7-6-13(2,3)9-16;/h10H,6-9H2,1-5H3,(H,14,15);1H. The summed E-state index contributed by atoms with van der Waals surface area (Å²) in [5, 5.41) is 3.24. The summed E-state index contributed by atoms with van der Waals surface area (Å²) in [6.45, 7) is 8.93. The first-order valence-electron chi connectivity index (χ1n) is 6.43. The number of halogens is 1. The van der Waals surface area contributed by atoms with E-state index in [0.29, 0.717) is 12.0 Å². The molecule has 1 heterocycles. The average molecular weight is 383 g/mol. The van der Waals surface area contributed by atoms with Gasteiger partial charge in [-0.1, -0.05) is 20.8 Å². The maximum atomic E-state index is 11.3. The van der Waals surface area contributed by atoms with E-state index in [1.54, 1.807) is 7.05 Å². The number of methoxy groups -OCH3 is 1. The minimum atomic E-state index is -0.195. The van der Waals surface area contributed by atoms with E-state index in [1.165, 1.54) is 13.5 Å². The molecule has 112 valence electrons. The van der Waals surface area contributed by atoms with Crippen LogP contribution in [0.2, 0.25) is 0 Å². The van der Waals surface area contributed by atoms with Crippen molar-refractivity contribution < 1.29 is 9.53 Å². The summed E-state index contributed by atoms with van der Waals surface area (Å²) in [6.07, 6.45) is 1.17. The first-order valence-corrected chi connectivity index (χ1v) is 6.43. The molecule has 1 N–H and O–H groups in total. The molecule has 0 bridgehead atoms. The lowest BCUT2D eigenvalue weighted by atomic mass is 9.93. The minimum absolute atomic E-state index is 0. The predicted octanol–water partition coefficient (Wildman–Crippen LogP) is 1.72. The fraction of sp³-hybridized carbons (Fsp3) is 0.846. The van der Waals surface area contributed by atoms with Crippen LogP contribution < -0.4 is 5.32 Å². The smallest absolute Gasteiger partial charge is 0.310 e. The average Bonchev–Trinajstić information content (AvgIpc) is 2.69. The Kier molecular flexibility index (Phi) is 7.69. The molecule has 1 unspecified atom stereocenters. The largest absolute Gasteiger partial charge is 0.469 e. The molecule has 1 atom stereocenters. The van der Waals surface area contributed by atoms with Crippen LogP contribution in [0.15, 0.2) is 4.99 Å². The Hall–Kier alpha value is -0.530. The second-order valence-corrected chi connectivity index (χ2v) is 5.69. The molecule has 1 fully saturated rings. The summed E-state index contributed by atoms with van der Waals surface area (Å²) in [5.41, 5.74) is 0.339. The van der Waals surface area contributed by atoms with E-state index in [4.69, 9.17) is 4.74 Å². The molecule has 0 aromatic carbocycles. The number of esters is 1. The van der Waals surface area contributed by atoms with Crippen LogP contribution in [0, 0.1) is 11.3 Å². The van der Waals surface area contributed by atoms with E-state index < -0.39 is 0 Å². The fourth-order valence-electron chi connectivity index (χ4n) is 2.15. The van der Waals surface area contributed by atoms with Crippen LogP contribution in [0.5, 0.6) is 0 Å². The topological polar surface area (TPSA) is 53.9 Å². The van der Waals surface area contributed by atoms with Crippen LogP contribution in [0.25, 0.3) is 0 Å². The maximum Gasteiger partial charge on any atom is 0.310 e. The van der Waals surface area contributed by atoms with E-state index in [1.807, 2.05) is 6.92 Å². The summed E-state index contributed by atoms with van der Waals surface area (Å²) >= 11 is 0. The zero-order valence-corrected chi connectivity index (χ0v) is 14.9. The molecule has 1 aliphatic rings. The first-order chi connectivity index (χ1) is 8.39. The van der Waals surface area contributed by atoms with Crippen LogP contribution in [-0.4, -0.2) is 50.6 Å². The molecule has 1 saturated heterocycles. The number of guanidine groups is 1. The molecule has 0 radical (unpaired) electrons. The second-order valence-electron chi connectivity index (χ2n) is 5.69. The molecular weight excluding hydrogens is 357 g/mol. The van der Waals surface area contributed by atoms with Gasteiger partial charge in [0.1, 0.15) is 0 Å². The normalized spacial score (nSPS) is 19.6. The number of nitrogens with one attached hydrogen (secondary N) is 1. The van der Waals surface area contributed by atoms with Gasteiger partial charge >= 0.3 is 5.97 Å². The van der Waals surface area contributed by atoms with Crippen molar-refractivity contribution in [2.75, 3.05) is 33.8 Å². The van der Waals surface area contributed by atoms with Gasteiger partial charge < -0.3 is 15.0 Å². The van der Waals surface area contributed by atoms with Gasteiger partial charge in [0.05, 0.1) is 13.0 Å². The van der Waals surface area contributed by atoms with E-state index in [9.17, 15) is 4.79 Å². The Morgan fingerprint density at radius 3 is 2.58 bits per heavy atom. The molecule has 6 heteroatoms. The summed E-state index contributed by atoms with van der Waals surface area (Å²) in [7, 11) is 3.19. The number of nitrogens with zero attached hydrogens (tertiary/aromatic N) is 2. The third-order valence-electron chi connectivity index (χ3n) is 3.36. The highest BCUT2D eigenvalue weighted by molar-refractivity contribution is 14.0. The number of ether oxygens (including phenoxy) is 1. The third-order valence-corrected chi connectivity index (χ3v) is 3.36. The fourth-order valence-corrected chi connectivity index (χ4v) is 2.15. The van der Waals surface area contributed by atoms with Gasteiger partial charge in [-0.15, -0.1) is 24.0 Å². The second kappa shape index (κ2) is 7.91. The zero-order chi connectivity index (χ0) is 13.8. The quantitative estimate of drug-likeness (QED) is 0.349. The highest BCUT2D eigenvalue weighted by Crippen LogP contribution is 2.28. The summed E-state index contributed by atoms with van der Waals surface area (Å²) < 4.78 is 4.70. The number of rotatable bonds is 3. The van der Waals surface area contributed by atoms with Gasteiger partial charge in [0.2, 0.25) is 0 Å². The monoisotopic (exact) mass is 383 g/mol. The first kappa shape index (κ1) is 18.5. The van der Waals surface area contributed by atoms with Crippen molar-refractivity contribution in [2.24, 2.45) is 16.3 Å². The van der Waals surface area contributed by atoms with E-state index in [2.05, 4.69) is 29.1 Å². The van der Waals surface area contributed by atoms with Crippen LogP contribution in [0.1, 0.15) is 27.2 Å². The van der Waals surface area contributed by atoms with Crippen LogP contribution in [0.3, 0.4) is 0 Å². The molecular formula is C13H26IN3O2. The predicted molar refractivity (Wildman–Crippen MR) is 87.9 cm³/mol. The summed E-state index contributed by atoms with van der Waals surface area (Å²) in [4.78, 5) is 17.8. The minimum Gasteiger partial charge on any atom is -0.469 e. The summed E-state index contributed by atoms with van der Waals surface area (Å²) in [5.74, 6) is 0.512. The summed E-state index contributed by atoms with van der Waals surface area (Å²) in [6, 6.07) is 0. The van der Waals surface area contributed by atoms with Gasteiger partial charge in [0, 0.05) is 26.7 Å². The Bertz CT molecular complexity index is 332. The Morgan fingerprint density at radius 1 is 1.53 bits per heavy atom. The molecule has 0 spiro atoms. The van der Waals surface area contributed by atoms with Gasteiger partial charge in [-0.3, -0.25) is 9.79 Å². The van der Waals surface area contributed by atoms with Crippen molar-refractivity contribution in [1.29, 1.82) is 0 Å². The van der Waals surface area contributed by atoms with Crippen molar-refractivity contribution in [2.45, 2.75) is 27.2 Å². The van der Waals surface area contributed by atoms with E-state index in [-0.39, 0.29) is 35.9 Å². The Morgan fingerprint density at radius 2 is 2.16 bits per heavy atom. The van der Waals surface area contributed by atoms with Crippen LogP contribution in [0.4, 0.5) is 0 Å². The Labute approximate surface area is 133 Å². The van der Waals surface area contributed by atoms with Gasteiger partial charge in [-0.05, 0) is 11.8 Å². The van der Waals surface area contributed by atoms with Crippen molar-refractivity contribution in [3.05, 3.63) is 0 Å². The van der Waals surface area contributed by atoms with E-state index >= 15 is 0 Å². The van der Waals surface area contributed by atoms with Crippen LogP contribution >= 0.6 is 24.0 Å². The van der Waals surface area contributed by atoms with Gasteiger partial charge in [-0.25, -0.2) is 0 Å². The maximum absolute atomic E-state index is 11.3. The molecule has 1 aliphatic heterocycles. The molecule has 0 aliphatic carbocycles. The number of carbonyl (C=O) groups is 1. The number of likely N-dealkylation sites (tertiary alicyclic amines) is 1. The number of hydrogen-bond acceptors (Lipinski definition) is 3. The van der Waals surface area contributed by atoms with Gasteiger partial charge in [-0.2, -0.15) is 0 Å². The molecule has 0 saturated carbocycles. The Balaban J connectivity index is 0.00000324. The lowest BCUT2D eigenvalue weighted by molar-refractivity contribution is -0.144. The number of carbonyl (C=O) groups excluding carboxylic acids is 1. The highest BCUT2D eigenvalue weighted by atomic mass is 127. The lowest BCUT2D eigenvalue weighted by Gasteiger charge is -2.24.